The maximum Gasteiger partial charge on any atom is 0.0956 e. The maximum atomic E-state index is 4.59. The third-order valence-corrected chi connectivity index (χ3v) is 3.15. The van der Waals surface area contributed by atoms with Gasteiger partial charge in [-0.15, -0.1) is 13.2 Å². The average Bonchev–Trinajstić information content (AvgIpc) is 2.86. The van der Waals surface area contributed by atoms with Gasteiger partial charge >= 0.3 is 0 Å². The fraction of sp³-hybridized carbons (Fsp3) is 0.235. The number of hydrogen-bond acceptors (Lipinski definition) is 1. The molecule has 0 atom stereocenters. The van der Waals surface area contributed by atoms with E-state index in [2.05, 4.69) is 47.0 Å². The minimum absolute atomic E-state index is 0.940. The Bertz CT molecular complexity index is 538. The molecule has 0 aliphatic heterocycles. The van der Waals surface area contributed by atoms with Crippen LogP contribution in [0.4, 0.5) is 0 Å². The summed E-state index contributed by atoms with van der Waals surface area (Å²) in [5.41, 5.74) is 3.55. The quantitative estimate of drug-likeness (QED) is 0.674. The van der Waals surface area contributed by atoms with Gasteiger partial charge in [-0.25, -0.2) is 4.98 Å². The van der Waals surface area contributed by atoms with E-state index in [1.165, 1.54) is 11.3 Å². The van der Waals surface area contributed by atoms with Crippen LogP contribution in [0, 0.1) is 0 Å². The van der Waals surface area contributed by atoms with E-state index in [0.29, 0.717) is 0 Å². The summed E-state index contributed by atoms with van der Waals surface area (Å²) in [6, 6.07) is 10.3. The van der Waals surface area contributed by atoms with Crippen molar-refractivity contribution in [2.45, 2.75) is 25.8 Å². The standard InChI is InChI=1S/C17H20N2/c1-3-5-12-16-17(15-10-8-7-9-11-15)18-14-19(16)13-6-4-2/h3-4,7-11,14H,1-2,5-6,12-13H2. The molecule has 2 rings (SSSR count). The van der Waals surface area contributed by atoms with Crippen molar-refractivity contribution in [2.24, 2.45) is 0 Å². The number of rotatable bonds is 7. The number of benzene rings is 1. The van der Waals surface area contributed by atoms with Gasteiger partial charge in [0.15, 0.2) is 0 Å². The lowest BCUT2D eigenvalue weighted by atomic mass is 10.1. The second-order valence-electron chi connectivity index (χ2n) is 4.50. The SMILES string of the molecule is C=CCCc1c(-c2ccccc2)ncn1CCC=C. The number of nitrogens with zero attached hydrogens (tertiary/aromatic N) is 2. The Morgan fingerprint density at radius 1 is 1.05 bits per heavy atom. The van der Waals surface area contributed by atoms with Crippen molar-refractivity contribution >= 4 is 0 Å². The summed E-state index contributed by atoms with van der Waals surface area (Å²) < 4.78 is 2.23. The van der Waals surface area contributed by atoms with Gasteiger partial charge in [-0.2, -0.15) is 0 Å². The Balaban J connectivity index is 2.34. The van der Waals surface area contributed by atoms with Crippen LogP contribution in [0.3, 0.4) is 0 Å². The van der Waals surface area contributed by atoms with E-state index in [-0.39, 0.29) is 0 Å². The molecule has 0 spiro atoms. The van der Waals surface area contributed by atoms with Crippen LogP contribution in [0.2, 0.25) is 0 Å². The topological polar surface area (TPSA) is 17.8 Å². The van der Waals surface area contributed by atoms with Gasteiger partial charge in [0.25, 0.3) is 0 Å². The van der Waals surface area contributed by atoms with Crippen LogP contribution >= 0.6 is 0 Å². The number of imidazole rings is 1. The largest absolute Gasteiger partial charge is 0.334 e. The normalized spacial score (nSPS) is 10.3. The van der Waals surface area contributed by atoms with Crippen LogP contribution in [-0.4, -0.2) is 9.55 Å². The lowest BCUT2D eigenvalue weighted by Crippen LogP contribution is -2.02. The molecule has 0 fully saturated rings. The van der Waals surface area contributed by atoms with Crippen LogP contribution < -0.4 is 0 Å². The van der Waals surface area contributed by atoms with Crippen LogP contribution in [0.25, 0.3) is 11.3 Å². The van der Waals surface area contributed by atoms with E-state index in [4.69, 9.17) is 0 Å². The van der Waals surface area contributed by atoms with E-state index in [1.54, 1.807) is 0 Å². The molecule has 2 heteroatoms. The van der Waals surface area contributed by atoms with Gasteiger partial charge in [0, 0.05) is 17.8 Å². The molecular formula is C17H20N2. The summed E-state index contributed by atoms with van der Waals surface area (Å²) in [5.74, 6) is 0. The molecule has 0 aliphatic rings. The number of allylic oxidation sites excluding steroid dienone is 2. The highest BCUT2D eigenvalue weighted by Gasteiger charge is 2.11. The first-order valence-corrected chi connectivity index (χ1v) is 6.68. The molecule has 0 radical (unpaired) electrons. The van der Waals surface area contributed by atoms with Crippen LogP contribution in [0.5, 0.6) is 0 Å². The number of hydrogen-bond donors (Lipinski definition) is 0. The highest BCUT2D eigenvalue weighted by atomic mass is 15.1. The Hall–Kier alpha value is -2.09. The number of aryl methyl sites for hydroxylation is 1. The molecule has 0 unspecified atom stereocenters. The van der Waals surface area contributed by atoms with E-state index < -0.39 is 0 Å². The zero-order valence-electron chi connectivity index (χ0n) is 11.3. The van der Waals surface area contributed by atoms with Crippen LogP contribution in [0.15, 0.2) is 62.0 Å². The van der Waals surface area contributed by atoms with Gasteiger partial charge in [-0.1, -0.05) is 42.5 Å². The fourth-order valence-electron chi connectivity index (χ4n) is 2.17. The summed E-state index contributed by atoms with van der Waals surface area (Å²) in [6.07, 6.45) is 8.75. The molecule has 1 aromatic heterocycles. The fourth-order valence-corrected chi connectivity index (χ4v) is 2.17. The second kappa shape index (κ2) is 6.74. The van der Waals surface area contributed by atoms with Crippen molar-refractivity contribution in [1.82, 2.24) is 9.55 Å². The third-order valence-electron chi connectivity index (χ3n) is 3.15. The predicted octanol–water partition coefficient (Wildman–Crippen LogP) is 4.24. The Morgan fingerprint density at radius 2 is 1.79 bits per heavy atom. The molecule has 19 heavy (non-hydrogen) atoms. The highest BCUT2D eigenvalue weighted by molar-refractivity contribution is 5.61. The molecule has 2 aromatic rings. The van der Waals surface area contributed by atoms with Gasteiger partial charge in [0.05, 0.1) is 12.0 Å². The van der Waals surface area contributed by atoms with Gasteiger partial charge in [0.1, 0.15) is 0 Å². The third kappa shape index (κ3) is 3.22. The van der Waals surface area contributed by atoms with Gasteiger partial charge in [-0.05, 0) is 19.3 Å². The van der Waals surface area contributed by atoms with Gasteiger partial charge in [-0.3, -0.25) is 0 Å². The first-order valence-electron chi connectivity index (χ1n) is 6.68. The molecule has 0 aliphatic carbocycles. The molecule has 0 saturated heterocycles. The molecule has 1 heterocycles. The maximum absolute atomic E-state index is 4.59. The van der Waals surface area contributed by atoms with E-state index >= 15 is 0 Å². The first-order chi connectivity index (χ1) is 9.36. The molecule has 1 aromatic carbocycles. The summed E-state index contributed by atoms with van der Waals surface area (Å²) in [7, 11) is 0. The molecule has 0 bridgehead atoms. The van der Waals surface area contributed by atoms with Crippen molar-refractivity contribution in [3.05, 3.63) is 67.7 Å². The monoisotopic (exact) mass is 252 g/mol. The summed E-state index contributed by atoms with van der Waals surface area (Å²) in [6.45, 7) is 8.53. The van der Waals surface area contributed by atoms with Crippen molar-refractivity contribution in [3.63, 3.8) is 0 Å². The zero-order chi connectivity index (χ0) is 13.5. The van der Waals surface area contributed by atoms with Gasteiger partial charge in [0.2, 0.25) is 0 Å². The molecule has 0 saturated carbocycles. The van der Waals surface area contributed by atoms with E-state index in [1.807, 2.05) is 24.5 Å². The summed E-state index contributed by atoms with van der Waals surface area (Å²) in [5, 5.41) is 0. The lowest BCUT2D eigenvalue weighted by Gasteiger charge is -2.08. The Kier molecular flexibility index (Phi) is 4.73. The Labute approximate surface area is 115 Å². The average molecular weight is 252 g/mol. The van der Waals surface area contributed by atoms with Gasteiger partial charge < -0.3 is 4.57 Å². The minimum atomic E-state index is 0.940. The Morgan fingerprint density at radius 3 is 2.47 bits per heavy atom. The second-order valence-corrected chi connectivity index (χ2v) is 4.50. The van der Waals surface area contributed by atoms with Crippen molar-refractivity contribution in [2.75, 3.05) is 0 Å². The summed E-state index contributed by atoms with van der Waals surface area (Å²) >= 11 is 0. The smallest absolute Gasteiger partial charge is 0.0956 e. The minimum Gasteiger partial charge on any atom is -0.334 e. The van der Waals surface area contributed by atoms with E-state index in [9.17, 15) is 0 Å². The molecule has 0 amide bonds. The summed E-state index contributed by atoms with van der Waals surface area (Å²) in [4.78, 5) is 4.59. The van der Waals surface area contributed by atoms with Crippen molar-refractivity contribution < 1.29 is 0 Å². The predicted molar refractivity (Wildman–Crippen MR) is 81.0 cm³/mol. The molecule has 2 nitrogen and oxygen atoms in total. The van der Waals surface area contributed by atoms with Crippen LogP contribution in [0.1, 0.15) is 18.5 Å². The molecular weight excluding hydrogens is 232 g/mol. The van der Waals surface area contributed by atoms with Crippen LogP contribution in [-0.2, 0) is 13.0 Å². The van der Waals surface area contributed by atoms with Crippen molar-refractivity contribution in [1.29, 1.82) is 0 Å². The zero-order valence-corrected chi connectivity index (χ0v) is 11.3. The molecule has 98 valence electrons. The van der Waals surface area contributed by atoms with Crippen molar-refractivity contribution in [3.8, 4) is 11.3 Å². The van der Waals surface area contributed by atoms with E-state index in [0.717, 1.165) is 31.5 Å². The lowest BCUT2D eigenvalue weighted by molar-refractivity contribution is 0.669. The number of aromatic nitrogens is 2. The highest BCUT2D eigenvalue weighted by Crippen LogP contribution is 2.23. The first kappa shape index (κ1) is 13.3. The molecule has 0 N–H and O–H groups in total.